The number of rotatable bonds is 8. The molecular formula is C20H36Cl2N4O. The Morgan fingerprint density at radius 3 is 2.26 bits per heavy atom. The topological polar surface area (TPSA) is 52.8 Å². The average Bonchev–Trinajstić information content (AvgIpc) is 2.64. The lowest BCUT2D eigenvalue weighted by Gasteiger charge is -2.36. The molecule has 1 amide bonds. The van der Waals surface area contributed by atoms with Crippen LogP contribution in [0.15, 0.2) is 30.3 Å². The van der Waals surface area contributed by atoms with E-state index in [1.54, 1.807) is 0 Å². The van der Waals surface area contributed by atoms with E-state index in [1.807, 2.05) is 11.9 Å². The van der Waals surface area contributed by atoms with Crippen molar-refractivity contribution in [3.63, 3.8) is 0 Å². The summed E-state index contributed by atoms with van der Waals surface area (Å²) < 4.78 is 0. The van der Waals surface area contributed by atoms with Crippen molar-refractivity contribution in [2.75, 3.05) is 51.2 Å². The van der Waals surface area contributed by atoms with Crippen molar-refractivity contribution in [1.82, 2.24) is 9.80 Å². The van der Waals surface area contributed by atoms with Crippen molar-refractivity contribution in [2.24, 2.45) is 11.7 Å². The number of halogens is 2. The van der Waals surface area contributed by atoms with Crippen LogP contribution in [0.5, 0.6) is 0 Å². The zero-order valence-corrected chi connectivity index (χ0v) is 18.5. The van der Waals surface area contributed by atoms with E-state index in [0.717, 1.165) is 45.7 Å². The van der Waals surface area contributed by atoms with E-state index in [2.05, 4.69) is 54.0 Å². The maximum atomic E-state index is 12.3. The second kappa shape index (κ2) is 13.2. The second-order valence-electron chi connectivity index (χ2n) is 7.43. The zero-order chi connectivity index (χ0) is 18.2. The van der Waals surface area contributed by atoms with E-state index >= 15 is 0 Å². The van der Waals surface area contributed by atoms with Crippen molar-refractivity contribution in [1.29, 1.82) is 0 Å². The zero-order valence-electron chi connectivity index (χ0n) is 16.8. The first-order chi connectivity index (χ1) is 12.0. The quantitative estimate of drug-likeness (QED) is 0.704. The summed E-state index contributed by atoms with van der Waals surface area (Å²) in [6, 6.07) is 10.7. The van der Waals surface area contributed by atoms with Gasteiger partial charge < -0.3 is 15.5 Å². The highest BCUT2D eigenvalue weighted by Gasteiger charge is 2.19. The number of anilines is 1. The minimum Gasteiger partial charge on any atom is -0.369 e. The predicted molar refractivity (Wildman–Crippen MR) is 119 cm³/mol. The molecule has 1 aromatic rings. The number of benzene rings is 1. The van der Waals surface area contributed by atoms with E-state index < -0.39 is 0 Å². The highest BCUT2D eigenvalue weighted by Crippen LogP contribution is 2.15. The molecule has 0 bridgehead atoms. The molecule has 1 atom stereocenters. The summed E-state index contributed by atoms with van der Waals surface area (Å²) in [7, 11) is 1.89. The molecule has 0 radical (unpaired) electrons. The lowest BCUT2D eigenvalue weighted by Crippen LogP contribution is -2.47. The number of hydrogen-bond acceptors (Lipinski definition) is 4. The number of carbonyl (C=O) groups excluding carboxylic acids is 1. The van der Waals surface area contributed by atoms with Gasteiger partial charge in [-0.1, -0.05) is 32.0 Å². The summed E-state index contributed by atoms with van der Waals surface area (Å²) in [6.45, 7) is 9.94. The van der Waals surface area contributed by atoms with Crippen molar-refractivity contribution in [2.45, 2.75) is 32.7 Å². The van der Waals surface area contributed by atoms with Gasteiger partial charge in [0, 0.05) is 64.5 Å². The highest BCUT2D eigenvalue weighted by atomic mass is 35.5. The summed E-state index contributed by atoms with van der Waals surface area (Å²) in [4.78, 5) is 18.9. The minimum absolute atomic E-state index is 0. The third-order valence-corrected chi connectivity index (χ3v) is 5.22. The average molecular weight is 419 g/mol. The predicted octanol–water partition coefficient (Wildman–Crippen LogP) is 2.87. The van der Waals surface area contributed by atoms with Gasteiger partial charge >= 0.3 is 0 Å². The highest BCUT2D eigenvalue weighted by molar-refractivity contribution is 5.85. The maximum Gasteiger partial charge on any atom is 0.223 e. The van der Waals surface area contributed by atoms with Crippen molar-refractivity contribution in [3.8, 4) is 0 Å². The van der Waals surface area contributed by atoms with Crippen LogP contribution >= 0.6 is 24.8 Å². The van der Waals surface area contributed by atoms with Gasteiger partial charge in [-0.15, -0.1) is 24.8 Å². The smallest absolute Gasteiger partial charge is 0.223 e. The molecule has 2 rings (SSSR count). The summed E-state index contributed by atoms with van der Waals surface area (Å²) in [5.41, 5.74) is 7.36. The molecule has 0 aromatic heterocycles. The van der Waals surface area contributed by atoms with Crippen LogP contribution in [0.4, 0.5) is 5.69 Å². The Hall–Kier alpha value is -1.01. The van der Waals surface area contributed by atoms with Crippen molar-refractivity contribution < 1.29 is 4.79 Å². The van der Waals surface area contributed by atoms with Gasteiger partial charge in [0.2, 0.25) is 5.91 Å². The van der Waals surface area contributed by atoms with Gasteiger partial charge in [-0.25, -0.2) is 0 Å². The molecule has 1 saturated heterocycles. The fraction of sp³-hybridized carbons (Fsp3) is 0.650. The third kappa shape index (κ3) is 8.69. The third-order valence-electron chi connectivity index (χ3n) is 5.22. The van der Waals surface area contributed by atoms with Gasteiger partial charge in [0.15, 0.2) is 0 Å². The lowest BCUT2D eigenvalue weighted by molar-refractivity contribution is -0.130. The van der Waals surface area contributed by atoms with Gasteiger partial charge in [0.05, 0.1) is 0 Å². The Kier molecular flexibility index (Phi) is 12.7. The molecule has 27 heavy (non-hydrogen) atoms. The first kappa shape index (κ1) is 26.0. The fourth-order valence-electron chi connectivity index (χ4n) is 3.11. The summed E-state index contributed by atoms with van der Waals surface area (Å²) in [6.07, 6.45) is 1.47. The maximum absolute atomic E-state index is 12.3. The summed E-state index contributed by atoms with van der Waals surface area (Å²) in [5.74, 6) is 0.686. The van der Waals surface area contributed by atoms with E-state index in [-0.39, 0.29) is 36.8 Å². The summed E-state index contributed by atoms with van der Waals surface area (Å²) >= 11 is 0. The molecule has 156 valence electrons. The number of piperazine rings is 1. The van der Waals surface area contributed by atoms with Crippen LogP contribution in [-0.4, -0.2) is 68.1 Å². The van der Waals surface area contributed by atoms with E-state index in [9.17, 15) is 4.79 Å². The van der Waals surface area contributed by atoms with Gasteiger partial charge in [-0.05, 0) is 24.5 Å². The Morgan fingerprint density at radius 2 is 1.70 bits per heavy atom. The molecule has 0 aliphatic carbocycles. The summed E-state index contributed by atoms with van der Waals surface area (Å²) in [5, 5.41) is 0. The molecule has 1 fully saturated rings. The Balaban J connectivity index is 0.00000338. The Bertz CT molecular complexity index is 522. The number of nitrogens with two attached hydrogens (primary N) is 1. The Labute approximate surface area is 177 Å². The number of nitrogens with zero attached hydrogens (tertiary/aromatic N) is 3. The van der Waals surface area contributed by atoms with Gasteiger partial charge in [-0.2, -0.15) is 0 Å². The largest absolute Gasteiger partial charge is 0.369 e. The second-order valence-corrected chi connectivity index (χ2v) is 7.43. The van der Waals surface area contributed by atoms with Crippen LogP contribution < -0.4 is 10.6 Å². The molecule has 5 nitrogen and oxygen atoms in total. The molecule has 2 N–H and O–H groups in total. The van der Waals surface area contributed by atoms with Crippen molar-refractivity contribution in [3.05, 3.63) is 30.3 Å². The van der Waals surface area contributed by atoms with Gasteiger partial charge in [-0.3, -0.25) is 9.69 Å². The van der Waals surface area contributed by atoms with E-state index in [0.29, 0.717) is 12.3 Å². The molecule has 1 aliphatic rings. The van der Waals surface area contributed by atoms with Crippen molar-refractivity contribution >= 4 is 36.4 Å². The van der Waals surface area contributed by atoms with E-state index in [1.165, 1.54) is 5.69 Å². The first-order valence-corrected chi connectivity index (χ1v) is 9.49. The van der Waals surface area contributed by atoms with Gasteiger partial charge in [0.1, 0.15) is 0 Å². The molecule has 1 aromatic carbocycles. The molecule has 1 heterocycles. The number of para-hydroxylation sites is 1. The SMILES string of the molecule is CC(C)C(N)CCN(C)C(=O)CCN1CCN(c2ccccc2)CC1.Cl.Cl. The number of amides is 1. The molecule has 7 heteroatoms. The van der Waals surface area contributed by atoms with Gasteiger partial charge in [0.25, 0.3) is 0 Å². The molecule has 1 aliphatic heterocycles. The van der Waals surface area contributed by atoms with Crippen LogP contribution in [0.25, 0.3) is 0 Å². The number of hydrogen-bond donors (Lipinski definition) is 1. The lowest BCUT2D eigenvalue weighted by atomic mass is 10.0. The molecular weight excluding hydrogens is 383 g/mol. The molecule has 1 unspecified atom stereocenters. The monoisotopic (exact) mass is 418 g/mol. The first-order valence-electron chi connectivity index (χ1n) is 9.49. The normalized spacial score (nSPS) is 15.7. The van der Waals surface area contributed by atoms with Crippen LogP contribution in [0.1, 0.15) is 26.7 Å². The molecule has 0 spiro atoms. The standard InChI is InChI=1S/C20H34N4O.2ClH/c1-17(2)19(21)9-11-22(3)20(25)10-12-23-13-15-24(16-14-23)18-7-5-4-6-8-18;;/h4-8,17,19H,9-16,21H2,1-3H3;2*1H. The van der Waals surface area contributed by atoms with Crippen LogP contribution in [0, 0.1) is 5.92 Å². The van der Waals surface area contributed by atoms with Crippen LogP contribution in [0.2, 0.25) is 0 Å². The van der Waals surface area contributed by atoms with Crippen LogP contribution in [0.3, 0.4) is 0 Å². The van der Waals surface area contributed by atoms with Crippen LogP contribution in [-0.2, 0) is 4.79 Å². The Morgan fingerprint density at radius 1 is 1.11 bits per heavy atom. The molecule has 0 saturated carbocycles. The fourth-order valence-corrected chi connectivity index (χ4v) is 3.11. The number of carbonyl (C=O) groups is 1. The van der Waals surface area contributed by atoms with E-state index in [4.69, 9.17) is 5.73 Å². The minimum atomic E-state index is 0.